The van der Waals surface area contributed by atoms with Crippen molar-refractivity contribution >= 4 is 28.8 Å². The lowest BCUT2D eigenvalue weighted by Gasteiger charge is -2.01. The third-order valence-corrected chi connectivity index (χ3v) is 1.94. The maximum Gasteiger partial charge on any atom is 0.211 e. The quantitative estimate of drug-likeness (QED) is 0.698. The average Bonchev–Trinajstić information content (AvgIpc) is 2.19. The highest BCUT2D eigenvalue weighted by molar-refractivity contribution is 5.86. The number of nitrogen functional groups attached to an aromatic ring is 1. The van der Waals surface area contributed by atoms with Crippen molar-refractivity contribution in [3.8, 4) is 0 Å². The number of carbonyl (C=O) groups is 1. The Bertz CT molecular complexity index is 482. The zero-order valence-corrected chi connectivity index (χ0v) is 7.40. The molecule has 0 saturated heterocycles. The number of hydrogen-bond acceptors (Lipinski definition) is 3. The van der Waals surface area contributed by atoms with Crippen LogP contribution in [-0.2, 0) is 4.79 Å². The summed E-state index contributed by atoms with van der Waals surface area (Å²) in [7, 11) is 0. The lowest BCUT2D eigenvalue weighted by Crippen LogP contribution is -1.94. The van der Waals surface area contributed by atoms with Crippen molar-refractivity contribution in [1.29, 1.82) is 0 Å². The SMILES string of the molecule is Nc1ccc2cc(NC=O)ccc2n1. The van der Waals surface area contributed by atoms with Gasteiger partial charge in [0.25, 0.3) is 0 Å². The van der Waals surface area contributed by atoms with Crippen LogP contribution in [0.2, 0.25) is 0 Å². The van der Waals surface area contributed by atoms with E-state index >= 15 is 0 Å². The predicted molar refractivity (Wildman–Crippen MR) is 55.8 cm³/mol. The molecule has 4 heteroatoms. The number of hydrogen-bond donors (Lipinski definition) is 2. The van der Waals surface area contributed by atoms with Crippen molar-refractivity contribution in [3.05, 3.63) is 30.3 Å². The second kappa shape index (κ2) is 3.33. The molecule has 1 aromatic heterocycles. The molecule has 0 saturated carbocycles. The Morgan fingerprint density at radius 3 is 2.93 bits per heavy atom. The first-order chi connectivity index (χ1) is 6.79. The highest BCUT2D eigenvalue weighted by Crippen LogP contribution is 2.18. The van der Waals surface area contributed by atoms with Gasteiger partial charge in [-0.1, -0.05) is 0 Å². The Morgan fingerprint density at radius 1 is 1.29 bits per heavy atom. The summed E-state index contributed by atoms with van der Waals surface area (Å²) in [4.78, 5) is 14.4. The molecule has 1 heterocycles. The number of anilines is 2. The van der Waals surface area contributed by atoms with Gasteiger partial charge in [0, 0.05) is 11.1 Å². The van der Waals surface area contributed by atoms with Crippen molar-refractivity contribution < 1.29 is 4.79 Å². The van der Waals surface area contributed by atoms with Crippen LogP contribution in [-0.4, -0.2) is 11.4 Å². The number of aromatic nitrogens is 1. The minimum Gasteiger partial charge on any atom is -0.384 e. The number of benzene rings is 1. The van der Waals surface area contributed by atoms with E-state index in [1.54, 1.807) is 12.1 Å². The van der Waals surface area contributed by atoms with Crippen molar-refractivity contribution in [3.63, 3.8) is 0 Å². The van der Waals surface area contributed by atoms with Gasteiger partial charge >= 0.3 is 0 Å². The third-order valence-electron chi connectivity index (χ3n) is 1.94. The number of nitrogens with two attached hydrogens (primary N) is 1. The van der Waals surface area contributed by atoms with Gasteiger partial charge in [-0.15, -0.1) is 0 Å². The van der Waals surface area contributed by atoms with E-state index in [-0.39, 0.29) is 0 Å². The predicted octanol–water partition coefficient (Wildman–Crippen LogP) is 1.39. The van der Waals surface area contributed by atoms with E-state index < -0.39 is 0 Å². The van der Waals surface area contributed by atoms with Crippen molar-refractivity contribution in [1.82, 2.24) is 4.98 Å². The fourth-order valence-electron chi connectivity index (χ4n) is 1.30. The van der Waals surface area contributed by atoms with Gasteiger partial charge < -0.3 is 11.1 Å². The molecular weight excluding hydrogens is 178 g/mol. The highest BCUT2D eigenvalue weighted by atomic mass is 16.1. The van der Waals surface area contributed by atoms with Crippen molar-refractivity contribution in [2.45, 2.75) is 0 Å². The second-order valence-electron chi connectivity index (χ2n) is 2.91. The summed E-state index contributed by atoms with van der Waals surface area (Å²) in [6, 6.07) is 9.04. The van der Waals surface area contributed by atoms with Crippen LogP contribution in [0.1, 0.15) is 0 Å². The zero-order chi connectivity index (χ0) is 9.97. The van der Waals surface area contributed by atoms with E-state index in [0.29, 0.717) is 12.2 Å². The zero-order valence-electron chi connectivity index (χ0n) is 7.40. The van der Waals surface area contributed by atoms with Gasteiger partial charge in [0.15, 0.2) is 0 Å². The van der Waals surface area contributed by atoms with Crippen LogP contribution < -0.4 is 11.1 Å². The number of amides is 1. The topological polar surface area (TPSA) is 68.0 Å². The number of pyridine rings is 1. The lowest BCUT2D eigenvalue weighted by molar-refractivity contribution is -0.105. The summed E-state index contributed by atoms with van der Waals surface area (Å²) in [5, 5.41) is 3.52. The van der Waals surface area contributed by atoms with Gasteiger partial charge in [0.05, 0.1) is 5.52 Å². The molecular formula is C10H9N3O. The summed E-state index contributed by atoms with van der Waals surface area (Å²) in [5.74, 6) is 0.494. The number of nitrogens with zero attached hydrogens (tertiary/aromatic N) is 1. The largest absolute Gasteiger partial charge is 0.384 e. The van der Waals surface area contributed by atoms with Crippen LogP contribution in [0.25, 0.3) is 10.9 Å². The normalized spacial score (nSPS) is 10.0. The van der Waals surface area contributed by atoms with Gasteiger partial charge in [0.2, 0.25) is 6.41 Å². The first-order valence-corrected chi connectivity index (χ1v) is 4.16. The summed E-state index contributed by atoms with van der Waals surface area (Å²) >= 11 is 0. The van der Waals surface area contributed by atoms with E-state index in [1.807, 2.05) is 18.2 Å². The molecule has 4 nitrogen and oxygen atoms in total. The van der Waals surface area contributed by atoms with E-state index in [2.05, 4.69) is 10.3 Å². The Balaban J connectivity index is 2.55. The van der Waals surface area contributed by atoms with Crippen LogP contribution >= 0.6 is 0 Å². The van der Waals surface area contributed by atoms with Crippen molar-refractivity contribution in [2.24, 2.45) is 0 Å². The lowest BCUT2D eigenvalue weighted by atomic mass is 10.2. The monoisotopic (exact) mass is 187 g/mol. The average molecular weight is 187 g/mol. The third kappa shape index (κ3) is 1.50. The molecule has 0 aliphatic rings. The smallest absolute Gasteiger partial charge is 0.211 e. The molecule has 3 N–H and O–H groups in total. The fraction of sp³-hybridized carbons (Fsp3) is 0. The van der Waals surface area contributed by atoms with Gasteiger partial charge in [-0.2, -0.15) is 0 Å². The molecule has 14 heavy (non-hydrogen) atoms. The van der Waals surface area contributed by atoms with E-state index in [1.165, 1.54) is 0 Å². The van der Waals surface area contributed by atoms with E-state index in [0.717, 1.165) is 16.6 Å². The minimum absolute atomic E-state index is 0.494. The molecule has 1 aromatic carbocycles. The second-order valence-corrected chi connectivity index (χ2v) is 2.91. The van der Waals surface area contributed by atoms with Gasteiger partial charge in [-0.25, -0.2) is 4.98 Å². The van der Waals surface area contributed by atoms with Crippen molar-refractivity contribution in [2.75, 3.05) is 11.1 Å². The Hall–Kier alpha value is -2.10. The fourth-order valence-corrected chi connectivity index (χ4v) is 1.30. The molecule has 0 bridgehead atoms. The number of nitrogens with one attached hydrogen (secondary N) is 1. The Kier molecular flexibility index (Phi) is 2.02. The number of fused-ring (bicyclic) bond motifs is 1. The van der Waals surface area contributed by atoms with Crippen LogP contribution in [0.4, 0.5) is 11.5 Å². The molecule has 0 atom stereocenters. The number of rotatable bonds is 2. The molecule has 0 radical (unpaired) electrons. The van der Waals surface area contributed by atoms with E-state index in [4.69, 9.17) is 5.73 Å². The summed E-state index contributed by atoms with van der Waals surface area (Å²) in [5.41, 5.74) is 7.11. The first-order valence-electron chi connectivity index (χ1n) is 4.16. The van der Waals surface area contributed by atoms with Crippen LogP contribution in [0.3, 0.4) is 0 Å². The first kappa shape index (κ1) is 8.50. The molecule has 0 aliphatic heterocycles. The Labute approximate surface area is 80.7 Å². The standard InChI is InChI=1S/C10H9N3O/c11-10-4-1-7-5-8(12-6-14)2-3-9(7)13-10/h1-6H,(H2,11,13)(H,12,14). The maximum absolute atomic E-state index is 10.2. The van der Waals surface area contributed by atoms with Gasteiger partial charge in [-0.3, -0.25) is 4.79 Å². The van der Waals surface area contributed by atoms with Gasteiger partial charge in [-0.05, 0) is 30.3 Å². The molecule has 0 unspecified atom stereocenters. The molecule has 0 spiro atoms. The van der Waals surface area contributed by atoms with Crippen LogP contribution in [0, 0.1) is 0 Å². The van der Waals surface area contributed by atoms with E-state index in [9.17, 15) is 4.79 Å². The molecule has 70 valence electrons. The van der Waals surface area contributed by atoms with Gasteiger partial charge in [0.1, 0.15) is 5.82 Å². The molecule has 2 aromatic rings. The summed E-state index contributed by atoms with van der Waals surface area (Å²) < 4.78 is 0. The molecule has 0 fully saturated rings. The maximum atomic E-state index is 10.2. The Morgan fingerprint density at radius 2 is 2.14 bits per heavy atom. The molecule has 2 rings (SSSR count). The molecule has 1 amide bonds. The van der Waals surface area contributed by atoms with Crippen LogP contribution in [0.5, 0.6) is 0 Å². The summed E-state index contributed by atoms with van der Waals surface area (Å²) in [6.07, 6.45) is 0.645. The number of carbonyl (C=O) groups excluding carboxylic acids is 1. The summed E-state index contributed by atoms with van der Waals surface area (Å²) in [6.45, 7) is 0. The molecule has 0 aliphatic carbocycles. The highest BCUT2D eigenvalue weighted by Gasteiger charge is 1.97. The van der Waals surface area contributed by atoms with Crippen LogP contribution in [0.15, 0.2) is 30.3 Å². The minimum atomic E-state index is 0.494.